The summed E-state index contributed by atoms with van der Waals surface area (Å²) in [5, 5.41) is 12.4. The maximum atomic E-state index is 11.6. The van der Waals surface area contributed by atoms with Crippen molar-refractivity contribution in [2.24, 2.45) is 5.41 Å². The van der Waals surface area contributed by atoms with Crippen molar-refractivity contribution in [3.8, 4) is 0 Å². The van der Waals surface area contributed by atoms with Crippen LogP contribution >= 0.6 is 11.5 Å². The van der Waals surface area contributed by atoms with Crippen LogP contribution in [0.4, 0.5) is 10.8 Å². The van der Waals surface area contributed by atoms with Crippen molar-refractivity contribution in [1.82, 2.24) is 4.37 Å². The zero-order valence-corrected chi connectivity index (χ0v) is 13.1. The molecule has 6 nitrogen and oxygen atoms in total. The summed E-state index contributed by atoms with van der Waals surface area (Å²) >= 11 is 1.05. The summed E-state index contributed by atoms with van der Waals surface area (Å²) in [6, 6.07) is 0. The predicted molar refractivity (Wildman–Crippen MR) is 78.2 cm³/mol. The van der Waals surface area contributed by atoms with Crippen molar-refractivity contribution < 1.29 is 13.5 Å². The minimum Gasteiger partial charge on any atom is -0.396 e. The minimum absolute atomic E-state index is 0.0446. The Morgan fingerprint density at radius 1 is 1.47 bits per heavy atom. The van der Waals surface area contributed by atoms with Crippen molar-refractivity contribution in [1.29, 1.82) is 0 Å². The molecule has 0 aliphatic rings. The van der Waals surface area contributed by atoms with Gasteiger partial charge in [-0.2, -0.15) is 4.37 Å². The molecule has 0 aliphatic heterocycles. The van der Waals surface area contributed by atoms with Gasteiger partial charge in [-0.1, -0.05) is 13.8 Å². The SMILES string of the molecule is CC(C)(CCCO)CNc1snc(N)c1S(C)(=O)=O. The first-order valence-electron chi connectivity index (χ1n) is 5.97. The van der Waals surface area contributed by atoms with Crippen molar-refractivity contribution in [2.45, 2.75) is 31.6 Å². The second kappa shape index (κ2) is 6.06. The van der Waals surface area contributed by atoms with Gasteiger partial charge in [0.15, 0.2) is 15.7 Å². The molecule has 0 bridgehead atoms. The zero-order chi connectivity index (χ0) is 14.7. The highest BCUT2D eigenvalue weighted by molar-refractivity contribution is 7.91. The molecule has 1 aromatic rings. The lowest BCUT2D eigenvalue weighted by Gasteiger charge is -2.24. The summed E-state index contributed by atoms with van der Waals surface area (Å²) in [5.74, 6) is 0.0446. The summed E-state index contributed by atoms with van der Waals surface area (Å²) in [6.45, 7) is 4.86. The van der Waals surface area contributed by atoms with Gasteiger partial charge in [0.25, 0.3) is 0 Å². The second-order valence-corrected chi connectivity index (χ2v) is 8.07. The number of rotatable bonds is 7. The number of hydrogen-bond acceptors (Lipinski definition) is 7. The molecule has 0 aromatic carbocycles. The van der Waals surface area contributed by atoms with E-state index in [2.05, 4.69) is 23.5 Å². The monoisotopic (exact) mass is 307 g/mol. The average Bonchev–Trinajstić information content (AvgIpc) is 2.65. The summed E-state index contributed by atoms with van der Waals surface area (Å²) in [4.78, 5) is 0.0791. The highest BCUT2D eigenvalue weighted by Gasteiger charge is 2.23. The summed E-state index contributed by atoms with van der Waals surface area (Å²) in [7, 11) is -3.39. The lowest BCUT2D eigenvalue weighted by molar-refractivity contribution is 0.248. The molecule has 0 radical (unpaired) electrons. The second-order valence-electron chi connectivity index (χ2n) is 5.34. The van der Waals surface area contributed by atoms with Crippen LogP contribution < -0.4 is 11.1 Å². The van der Waals surface area contributed by atoms with E-state index in [-0.39, 0.29) is 22.7 Å². The number of sulfone groups is 1. The Kier molecular flexibility index (Phi) is 5.17. The van der Waals surface area contributed by atoms with Crippen LogP contribution in [0.2, 0.25) is 0 Å². The van der Waals surface area contributed by atoms with Gasteiger partial charge < -0.3 is 16.2 Å². The first-order valence-corrected chi connectivity index (χ1v) is 8.64. The Labute approximate surface area is 118 Å². The number of aliphatic hydroxyl groups is 1. The largest absolute Gasteiger partial charge is 0.396 e. The van der Waals surface area contributed by atoms with Crippen molar-refractivity contribution in [3.63, 3.8) is 0 Å². The van der Waals surface area contributed by atoms with Gasteiger partial charge in [0.1, 0.15) is 9.90 Å². The maximum absolute atomic E-state index is 11.6. The smallest absolute Gasteiger partial charge is 0.182 e. The molecule has 0 amide bonds. The van der Waals surface area contributed by atoms with Crippen LogP contribution in [0.1, 0.15) is 26.7 Å². The third-order valence-electron chi connectivity index (χ3n) is 2.78. The van der Waals surface area contributed by atoms with Crippen LogP contribution in [-0.4, -0.2) is 37.3 Å². The fraction of sp³-hybridized carbons (Fsp3) is 0.727. The van der Waals surface area contributed by atoms with Crippen LogP contribution in [-0.2, 0) is 9.84 Å². The van der Waals surface area contributed by atoms with Gasteiger partial charge in [-0.25, -0.2) is 8.42 Å². The van der Waals surface area contributed by atoms with E-state index in [0.717, 1.165) is 30.6 Å². The summed E-state index contributed by atoms with van der Waals surface area (Å²) in [5.41, 5.74) is 5.55. The third-order valence-corrected chi connectivity index (χ3v) is 4.89. The number of aromatic nitrogens is 1. The van der Waals surface area contributed by atoms with Crippen LogP contribution in [0.5, 0.6) is 0 Å². The van der Waals surface area contributed by atoms with E-state index in [1.807, 2.05) is 0 Å². The third kappa shape index (κ3) is 4.63. The van der Waals surface area contributed by atoms with E-state index in [4.69, 9.17) is 10.8 Å². The molecule has 1 rings (SSSR count). The van der Waals surface area contributed by atoms with Gasteiger partial charge >= 0.3 is 0 Å². The van der Waals surface area contributed by atoms with Crippen molar-refractivity contribution >= 4 is 32.2 Å². The molecule has 0 spiro atoms. The normalized spacial score (nSPS) is 12.6. The highest BCUT2D eigenvalue weighted by Crippen LogP contribution is 2.32. The molecule has 19 heavy (non-hydrogen) atoms. The van der Waals surface area contributed by atoms with Crippen LogP contribution in [0.3, 0.4) is 0 Å². The molecule has 0 fully saturated rings. The number of nitrogens with zero attached hydrogens (tertiary/aromatic N) is 1. The van der Waals surface area contributed by atoms with Gasteiger partial charge in [-0.3, -0.25) is 0 Å². The van der Waals surface area contributed by atoms with Crippen LogP contribution in [0.25, 0.3) is 0 Å². The standard InChI is InChI=1S/C11H21N3O3S2/c1-11(2,5-4-6-15)7-13-10-8(19(3,16)17)9(12)14-18-10/h13,15H,4-7H2,1-3H3,(H2,12,14). The van der Waals surface area contributed by atoms with Gasteiger partial charge in [0.05, 0.1) is 0 Å². The molecule has 4 N–H and O–H groups in total. The Morgan fingerprint density at radius 3 is 2.63 bits per heavy atom. The van der Waals surface area contributed by atoms with Crippen LogP contribution in [0.15, 0.2) is 4.90 Å². The van der Waals surface area contributed by atoms with Crippen molar-refractivity contribution in [2.75, 3.05) is 30.5 Å². The number of nitrogens with two attached hydrogens (primary N) is 1. The van der Waals surface area contributed by atoms with E-state index in [0.29, 0.717) is 11.5 Å². The van der Waals surface area contributed by atoms with E-state index >= 15 is 0 Å². The molecule has 1 aromatic heterocycles. The molecular formula is C11H21N3O3S2. The lowest BCUT2D eigenvalue weighted by atomic mass is 9.88. The average molecular weight is 307 g/mol. The quantitative estimate of drug-likeness (QED) is 0.702. The molecule has 8 heteroatoms. The molecule has 0 unspecified atom stereocenters. The molecular weight excluding hydrogens is 286 g/mol. The first kappa shape index (κ1) is 16.2. The molecule has 0 aliphatic carbocycles. The molecule has 0 saturated heterocycles. The fourth-order valence-electron chi connectivity index (χ4n) is 1.73. The topological polar surface area (TPSA) is 105 Å². The Balaban J connectivity index is 2.79. The number of nitrogen functional groups attached to an aromatic ring is 1. The summed E-state index contributed by atoms with van der Waals surface area (Å²) in [6.07, 6.45) is 2.69. The number of hydrogen-bond donors (Lipinski definition) is 3. The Bertz CT molecular complexity index is 523. The number of anilines is 2. The van der Waals surface area contributed by atoms with E-state index < -0.39 is 9.84 Å². The summed E-state index contributed by atoms with van der Waals surface area (Å²) < 4.78 is 27.2. The highest BCUT2D eigenvalue weighted by atomic mass is 32.2. The van der Waals surface area contributed by atoms with Gasteiger partial charge in [-0.05, 0) is 29.8 Å². The van der Waals surface area contributed by atoms with Gasteiger partial charge in [0, 0.05) is 19.4 Å². The van der Waals surface area contributed by atoms with Crippen LogP contribution in [0, 0.1) is 5.41 Å². The molecule has 110 valence electrons. The zero-order valence-electron chi connectivity index (χ0n) is 11.4. The first-order chi connectivity index (χ1) is 8.67. The number of aliphatic hydroxyl groups excluding tert-OH is 1. The lowest BCUT2D eigenvalue weighted by Crippen LogP contribution is -2.23. The van der Waals surface area contributed by atoms with Gasteiger partial charge in [0.2, 0.25) is 0 Å². The predicted octanol–water partition coefficient (Wildman–Crippen LogP) is 1.34. The van der Waals surface area contributed by atoms with E-state index in [1.165, 1.54) is 0 Å². The van der Waals surface area contributed by atoms with E-state index in [9.17, 15) is 8.42 Å². The molecule has 0 saturated carbocycles. The molecule has 0 atom stereocenters. The van der Waals surface area contributed by atoms with Crippen molar-refractivity contribution in [3.05, 3.63) is 0 Å². The Morgan fingerprint density at radius 2 is 2.11 bits per heavy atom. The van der Waals surface area contributed by atoms with E-state index in [1.54, 1.807) is 0 Å². The van der Waals surface area contributed by atoms with Gasteiger partial charge in [-0.15, -0.1) is 0 Å². The maximum Gasteiger partial charge on any atom is 0.182 e. The number of nitrogens with one attached hydrogen (secondary N) is 1. The molecule has 1 heterocycles. The minimum atomic E-state index is -3.39. The fourth-order valence-corrected chi connectivity index (χ4v) is 3.79. The Hall–Kier alpha value is -0.860.